The van der Waals surface area contributed by atoms with E-state index in [1.807, 2.05) is 31.2 Å². The Bertz CT molecular complexity index is 904. The number of nitrogens with one attached hydrogen (secondary N) is 1. The summed E-state index contributed by atoms with van der Waals surface area (Å²) in [5.74, 6) is 0.0994. The summed E-state index contributed by atoms with van der Waals surface area (Å²) in [4.78, 5) is 12.6. The van der Waals surface area contributed by atoms with Gasteiger partial charge in [0.15, 0.2) is 5.69 Å². The Morgan fingerprint density at radius 2 is 1.81 bits per heavy atom. The Labute approximate surface area is 150 Å². The molecule has 0 saturated carbocycles. The number of amides is 1. The Morgan fingerprint density at radius 1 is 1.15 bits per heavy atom. The van der Waals surface area contributed by atoms with E-state index in [-0.39, 0.29) is 23.5 Å². The van der Waals surface area contributed by atoms with Crippen molar-refractivity contribution in [2.24, 2.45) is 0 Å². The number of hydrogen-bond donors (Lipinski definition) is 1. The van der Waals surface area contributed by atoms with Gasteiger partial charge in [0.1, 0.15) is 11.6 Å². The number of methoxy groups -OCH3 is 1. The lowest BCUT2D eigenvalue weighted by atomic mass is 10.1. The molecule has 0 spiro atoms. The number of halogens is 1. The first-order chi connectivity index (χ1) is 12.5. The zero-order valence-electron chi connectivity index (χ0n) is 14.7. The van der Waals surface area contributed by atoms with Gasteiger partial charge in [0, 0.05) is 0 Å². The maximum absolute atomic E-state index is 13.1. The summed E-state index contributed by atoms with van der Waals surface area (Å²) >= 11 is 0. The summed E-state index contributed by atoms with van der Waals surface area (Å²) in [6, 6.07) is 13.1. The van der Waals surface area contributed by atoms with Crippen molar-refractivity contribution < 1.29 is 13.9 Å². The predicted octanol–water partition coefficient (Wildman–Crippen LogP) is 3.21. The fourth-order valence-corrected chi connectivity index (χ4v) is 2.61. The van der Waals surface area contributed by atoms with E-state index in [4.69, 9.17) is 4.74 Å². The summed E-state index contributed by atoms with van der Waals surface area (Å²) in [5.41, 5.74) is 2.40. The maximum atomic E-state index is 13.1. The van der Waals surface area contributed by atoms with Crippen LogP contribution >= 0.6 is 0 Å². The third-order valence-corrected chi connectivity index (χ3v) is 4.14. The normalized spacial score (nSPS) is 11.8. The molecule has 26 heavy (non-hydrogen) atoms. The first-order valence-corrected chi connectivity index (χ1v) is 8.12. The molecule has 1 N–H and O–H groups in total. The largest absolute Gasteiger partial charge is 0.497 e. The lowest BCUT2D eigenvalue weighted by Crippen LogP contribution is -2.27. The molecule has 3 rings (SSSR count). The fraction of sp³-hybridized carbons (Fsp3) is 0.211. The second-order valence-corrected chi connectivity index (χ2v) is 5.88. The third-order valence-electron chi connectivity index (χ3n) is 4.14. The Morgan fingerprint density at radius 3 is 2.42 bits per heavy atom. The molecule has 1 unspecified atom stereocenters. The van der Waals surface area contributed by atoms with Crippen LogP contribution in [-0.4, -0.2) is 28.0 Å². The van der Waals surface area contributed by atoms with Gasteiger partial charge < -0.3 is 10.1 Å². The Hall–Kier alpha value is -3.22. The summed E-state index contributed by atoms with van der Waals surface area (Å²) in [7, 11) is 1.60. The number of rotatable bonds is 5. The standard InChI is InChI=1S/C19H19FN4O2/c1-12(14-4-10-17(26-3)11-5-14)21-19(25)18-13(2)24(23-22-18)16-8-6-15(20)7-9-16/h4-12H,1-3H3,(H,21,25). The van der Waals surface area contributed by atoms with Crippen molar-refractivity contribution >= 4 is 5.91 Å². The minimum Gasteiger partial charge on any atom is -0.497 e. The highest BCUT2D eigenvalue weighted by Gasteiger charge is 2.19. The van der Waals surface area contributed by atoms with Gasteiger partial charge in [-0.2, -0.15) is 0 Å². The molecule has 0 fully saturated rings. The van der Waals surface area contributed by atoms with Crippen LogP contribution in [0.5, 0.6) is 5.75 Å². The van der Waals surface area contributed by atoms with Crippen LogP contribution in [0.1, 0.15) is 34.7 Å². The predicted molar refractivity (Wildman–Crippen MR) is 94.9 cm³/mol. The summed E-state index contributed by atoms with van der Waals surface area (Å²) in [6.45, 7) is 3.63. The number of aromatic nitrogens is 3. The van der Waals surface area contributed by atoms with Gasteiger partial charge in [-0.3, -0.25) is 4.79 Å². The highest BCUT2D eigenvalue weighted by atomic mass is 19.1. The van der Waals surface area contributed by atoms with E-state index in [2.05, 4.69) is 15.6 Å². The molecular formula is C19H19FN4O2. The average Bonchev–Trinajstić information content (AvgIpc) is 3.04. The van der Waals surface area contributed by atoms with Gasteiger partial charge in [0.25, 0.3) is 5.91 Å². The van der Waals surface area contributed by atoms with E-state index in [0.717, 1.165) is 11.3 Å². The maximum Gasteiger partial charge on any atom is 0.274 e. The van der Waals surface area contributed by atoms with Crippen LogP contribution in [0.25, 0.3) is 5.69 Å². The van der Waals surface area contributed by atoms with Crippen molar-refractivity contribution in [1.82, 2.24) is 20.3 Å². The molecule has 3 aromatic rings. The van der Waals surface area contributed by atoms with E-state index < -0.39 is 0 Å². The van der Waals surface area contributed by atoms with Crippen molar-refractivity contribution in [2.45, 2.75) is 19.9 Å². The molecule has 7 heteroatoms. The van der Waals surface area contributed by atoms with E-state index in [1.165, 1.54) is 16.8 Å². The molecule has 0 saturated heterocycles. The Kier molecular flexibility index (Phi) is 4.97. The number of nitrogens with zero attached hydrogens (tertiary/aromatic N) is 3. The lowest BCUT2D eigenvalue weighted by Gasteiger charge is -2.14. The van der Waals surface area contributed by atoms with Crippen LogP contribution in [0.3, 0.4) is 0 Å². The molecule has 1 heterocycles. The first kappa shape index (κ1) is 17.6. The van der Waals surface area contributed by atoms with E-state index in [1.54, 1.807) is 26.2 Å². The van der Waals surface area contributed by atoms with Crippen LogP contribution in [0, 0.1) is 12.7 Å². The molecule has 0 aliphatic carbocycles. The van der Waals surface area contributed by atoms with Crippen LogP contribution < -0.4 is 10.1 Å². The molecule has 0 bridgehead atoms. The topological polar surface area (TPSA) is 69.0 Å². The van der Waals surface area contributed by atoms with Gasteiger partial charge in [-0.1, -0.05) is 17.3 Å². The zero-order valence-corrected chi connectivity index (χ0v) is 14.7. The van der Waals surface area contributed by atoms with Crippen molar-refractivity contribution in [3.8, 4) is 11.4 Å². The molecule has 2 aromatic carbocycles. The number of ether oxygens (including phenoxy) is 1. The molecule has 1 aromatic heterocycles. The highest BCUT2D eigenvalue weighted by Crippen LogP contribution is 2.18. The minimum absolute atomic E-state index is 0.205. The van der Waals surface area contributed by atoms with Crippen molar-refractivity contribution in [3.05, 3.63) is 71.3 Å². The average molecular weight is 354 g/mol. The van der Waals surface area contributed by atoms with Crippen molar-refractivity contribution in [1.29, 1.82) is 0 Å². The summed E-state index contributed by atoms with van der Waals surface area (Å²) < 4.78 is 19.7. The lowest BCUT2D eigenvalue weighted by molar-refractivity contribution is 0.0934. The van der Waals surface area contributed by atoms with Crippen molar-refractivity contribution in [2.75, 3.05) is 7.11 Å². The Balaban J connectivity index is 1.76. The second kappa shape index (κ2) is 7.35. The van der Waals surface area contributed by atoms with Gasteiger partial charge >= 0.3 is 0 Å². The molecule has 1 amide bonds. The monoisotopic (exact) mass is 354 g/mol. The van der Waals surface area contributed by atoms with Crippen LogP contribution in [0.15, 0.2) is 48.5 Å². The second-order valence-electron chi connectivity index (χ2n) is 5.88. The van der Waals surface area contributed by atoms with Gasteiger partial charge in [-0.05, 0) is 55.8 Å². The molecule has 0 aliphatic heterocycles. The zero-order chi connectivity index (χ0) is 18.7. The number of hydrogen-bond acceptors (Lipinski definition) is 4. The van der Waals surface area contributed by atoms with Gasteiger partial charge in [-0.25, -0.2) is 9.07 Å². The van der Waals surface area contributed by atoms with E-state index >= 15 is 0 Å². The van der Waals surface area contributed by atoms with Crippen LogP contribution in [0.4, 0.5) is 4.39 Å². The molecule has 0 radical (unpaired) electrons. The smallest absolute Gasteiger partial charge is 0.274 e. The fourth-order valence-electron chi connectivity index (χ4n) is 2.61. The molecule has 6 nitrogen and oxygen atoms in total. The molecule has 1 atom stereocenters. The summed E-state index contributed by atoms with van der Waals surface area (Å²) in [5, 5.41) is 10.9. The minimum atomic E-state index is -0.335. The van der Waals surface area contributed by atoms with Gasteiger partial charge in [-0.15, -0.1) is 5.10 Å². The highest BCUT2D eigenvalue weighted by molar-refractivity contribution is 5.93. The summed E-state index contributed by atoms with van der Waals surface area (Å²) in [6.07, 6.45) is 0. The number of carbonyl (C=O) groups excluding carboxylic acids is 1. The molecule has 134 valence electrons. The quantitative estimate of drug-likeness (QED) is 0.764. The van der Waals surface area contributed by atoms with E-state index in [0.29, 0.717) is 11.4 Å². The van der Waals surface area contributed by atoms with Gasteiger partial charge in [0.05, 0.1) is 24.5 Å². The van der Waals surface area contributed by atoms with Gasteiger partial charge in [0.2, 0.25) is 0 Å². The molecule has 0 aliphatic rings. The van der Waals surface area contributed by atoms with Crippen LogP contribution in [0.2, 0.25) is 0 Å². The number of benzene rings is 2. The SMILES string of the molecule is COc1ccc(C(C)NC(=O)c2nnn(-c3ccc(F)cc3)c2C)cc1. The van der Waals surface area contributed by atoms with Crippen molar-refractivity contribution in [3.63, 3.8) is 0 Å². The first-order valence-electron chi connectivity index (χ1n) is 8.12. The van der Waals surface area contributed by atoms with Crippen LogP contribution in [-0.2, 0) is 0 Å². The molecular weight excluding hydrogens is 335 g/mol. The third kappa shape index (κ3) is 3.56. The number of carbonyl (C=O) groups is 1. The van der Waals surface area contributed by atoms with E-state index in [9.17, 15) is 9.18 Å².